The van der Waals surface area contributed by atoms with E-state index in [0.29, 0.717) is 6.54 Å². The Kier molecular flexibility index (Phi) is 8.38. The van der Waals surface area contributed by atoms with Crippen molar-refractivity contribution in [1.29, 1.82) is 0 Å². The van der Waals surface area contributed by atoms with Crippen LogP contribution in [0.15, 0.2) is 43.0 Å². The van der Waals surface area contributed by atoms with Crippen LogP contribution >= 0.6 is 24.8 Å². The van der Waals surface area contributed by atoms with Gasteiger partial charge in [-0.05, 0) is 37.5 Å². The van der Waals surface area contributed by atoms with E-state index in [2.05, 4.69) is 10.3 Å². The summed E-state index contributed by atoms with van der Waals surface area (Å²) in [6, 6.07) is 7.94. The maximum atomic E-state index is 12.3. The van der Waals surface area contributed by atoms with Crippen molar-refractivity contribution in [3.8, 4) is 5.69 Å². The molecule has 0 aliphatic carbocycles. The lowest BCUT2D eigenvalue weighted by atomic mass is 10.1. The summed E-state index contributed by atoms with van der Waals surface area (Å²) in [5, 5.41) is 3.03. The minimum atomic E-state index is -0.386. The zero-order chi connectivity index (χ0) is 16.2. The lowest BCUT2D eigenvalue weighted by molar-refractivity contribution is -0.132. The molecule has 8 heteroatoms. The van der Waals surface area contributed by atoms with E-state index >= 15 is 0 Å². The van der Waals surface area contributed by atoms with Gasteiger partial charge in [-0.15, -0.1) is 24.8 Å². The topological polar surface area (TPSA) is 82.2 Å². The van der Waals surface area contributed by atoms with Crippen LogP contribution < -0.4 is 11.1 Å². The molecular formula is C17H24Cl2N4O2. The number of aromatic nitrogens is 2. The van der Waals surface area contributed by atoms with Crippen LogP contribution in [0.2, 0.25) is 0 Å². The second-order valence-electron chi connectivity index (χ2n) is 5.86. The number of rotatable bonds is 5. The average Bonchev–Trinajstić information content (AvgIpc) is 3.26. The van der Waals surface area contributed by atoms with E-state index in [0.717, 1.165) is 24.1 Å². The first-order valence-corrected chi connectivity index (χ1v) is 7.91. The van der Waals surface area contributed by atoms with Gasteiger partial charge in [-0.2, -0.15) is 0 Å². The van der Waals surface area contributed by atoms with E-state index in [1.807, 2.05) is 42.0 Å². The Balaban J connectivity index is 0.00000156. The molecule has 1 fully saturated rings. The van der Waals surface area contributed by atoms with Gasteiger partial charge in [0, 0.05) is 24.6 Å². The molecule has 1 aromatic heterocycles. The summed E-state index contributed by atoms with van der Waals surface area (Å²) >= 11 is 0. The molecular weight excluding hydrogens is 363 g/mol. The van der Waals surface area contributed by atoms with Crippen LogP contribution in [0.4, 0.5) is 0 Å². The molecule has 3 atom stereocenters. The van der Waals surface area contributed by atoms with Crippen molar-refractivity contribution in [1.82, 2.24) is 14.9 Å². The van der Waals surface area contributed by atoms with Gasteiger partial charge in [0.1, 0.15) is 6.10 Å². The molecule has 1 aromatic carbocycles. The predicted molar refractivity (Wildman–Crippen MR) is 102 cm³/mol. The number of hydrogen-bond donors (Lipinski definition) is 2. The molecule has 3 N–H and O–H groups in total. The molecule has 3 rings (SSSR count). The largest absolute Gasteiger partial charge is 0.364 e. The lowest BCUT2D eigenvalue weighted by Gasteiger charge is -2.18. The van der Waals surface area contributed by atoms with E-state index in [4.69, 9.17) is 10.5 Å². The van der Waals surface area contributed by atoms with Crippen molar-refractivity contribution in [3.63, 3.8) is 0 Å². The molecule has 1 saturated heterocycles. The number of nitrogens with one attached hydrogen (secondary N) is 1. The quantitative estimate of drug-likeness (QED) is 0.826. The standard InChI is InChI=1S/C17H22N4O2.2ClH/c1-12(20-17(22)16-6-5-15(10-18)23-16)13-3-2-4-14(9-13)21-8-7-19-11-21;;/h2-4,7-9,11-12,15-16H,5-6,10,18H2,1H3,(H,20,22);2*1H/t12?,15-,16+;;/m1../s1. The van der Waals surface area contributed by atoms with Crippen LogP contribution in [0, 0.1) is 0 Å². The molecule has 0 spiro atoms. The van der Waals surface area contributed by atoms with E-state index in [1.165, 1.54) is 0 Å². The Morgan fingerprint density at radius 3 is 2.88 bits per heavy atom. The molecule has 1 amide bonds. The minimum Gasteiger partial charge on any atom is -0.364 e. The van der Waals surface area contributed by atoms with Crippen LogP contribution in [-0.2, 0) is 9.53 Å². The van der Waals surface area contributed by atoms with Gasteiger partial charge in [-0.1, -0.05) is 12.1 Å². The summed E-state index contributed by atoms with van der Waals surface area (Å²) in [6.07, 6.45) is 6.58. The van der Waals surface area contributed by atoms with Gasteiger partial charge in [0.2, 0.25) is 5.91 Å². The number of nitrogens with zero attached hydrogens (tertiary/aromatic N) is 2. The van der Waals surface area contributed by atoms with E-state index < -0.39 is 0 Å². The number of nitrogens with two attached hydrogens (primary N) is 1. The molecule has 1 aliphatic heterocycles. The Labute approximate surface area is 160 Å². The highest BCUT2D eigenvalue weighted by atomic mass is 35.5. The summed E-state index contributed by atoms with van der Waals surface area (Å²) in [4.78, 5) is 16.4. The van der Waals surface area contributed by atoms with Crippen molar-refractivity contribution in [2.75, 3.05) is 6.54 Å². The highest BCUT2D eigenvalue weighted by Gasteiger charge is 2.30. The number of amides is 1. The first-order valence-electron chi connectivity index (χ1n) is 7.91. The molecule has 0 radical (unpaired) electrons. The van der Waals surface area contributed by atoms with Crippen molar-refractivity contribution >= 4 is 30.7 Å². The van der Waals surface area contributed by atoms with E-state index in [9.17, 15) is 4.79 Å². The zero-order valence-electron chi connectivity index (χ0n) is 14.0. The Morgan fingerprint density at radius 1 is 1.44 bits per heavy atom. The number of hydrogen-bond acceptors (Lipinski definition) is 4. The Bertz CT molecular complexity index is 666. The molecule has 138 valence electrons. The average molecular weight is 387 g/mol. The third-order valence-corrected chi connectivity index (χ3v) is 4.19. The van der Waals surface area contributed by atoms with E-state index in [1.54, 1.807) is 12.5 Å². The summed E-state index contributed by atoms with van der Waals surface area (Å²) in [7, 11) is 0. The van der Waals surface area contributed by atoms with Gasteiger partial charge in [-0.3, -0.25) is 4.79 Å². The predicted octanol–water partition coefficient (Wildman–Crippen LogP) is 2.40. The number of benzene rings is 1. The Hall–Kier alpha value is -1.60. The van der Waals surface area contributed by atoms with Gasteiger partial charge in [0.15, 0.2) is 0 Å². The number of imidazole rings is 1. The van der Waals surface area contributed by atoms with Crippen molar-refractivity contribution in [3.05, 3.63) is 48.5 Å². The fraction of sp³-hybridized carbons (Fsp3) is 0.412. The second kappa shape index (κ2) is 9.77. The fourth-order valence-electron chi connectivity index (χ4n) is 2.83. The molecule has 2 aromatic rings. The maximum Gasteiger partial charge on any atom is 0.249 e. The van der Waals surface area contributed by atoms with Crippen molar-refractivity contribution < 1.29 is 9.53 Å². The molecule has 6 nitrogen and oxygen atoms in total. The summed E-state index contributed by atoms with van der Waals surface area (Å²) in [5.41, 5.74) is 7.64. The summed E-state index contributed by atoms with van der Waals surface area (Å²) in [5.74, 6) is -0.0681. The minimum absolute atomic E-state index is 0. The van der Waals surface area contributed by atoms with Crippen LogP contribution in [0.1, 0.15) is 31.4 Å². The zero-order valence-corrected chi connectivity index (χ0v) is 15.6. The summed E-state index contributed by atoms with van der Waals surface area (Å²) in [6.45, 7) is 2.44. The maximum absolute atomic E-state index is 12.3. The molecule has 1 unspecified atom stereocenters. The molecule has 25 heavy (non-hydrogen) atoms. The first kappa shape index (κ1) is 21.4. The third kappa shape index (κ3) is 5.19. The molecule has 0 bridgehead atoms. The summed E-state index contributed by atoms with van der Waals surface area (Å²) < 4.78 is 7.58. The fourth-order valence-corrected chi connectivity index (χ4v) is 2.83. The third-order valence-electron chi connectivity index (χ3n) is 4.19. The first-order chi connectivity index (χ1) is 11.2. The molecule has 2 heterocycles. The normalized spacial score (nSPS) is 20.2. The van der Waals surface area contributed by atoms with Crippen LogP contribution in [0.25, 0.3) is 5.69 Å². The van der Waals surface area contributed by atoms with Gasteiger partial charge < -0.3 is 20.4 Å². The highest BCUT2D eigenvalue weighted by Crippen LogP contribution is 2.21. The smallest absolute Gasteiger partial charge is 0.249 e. The number of ether oxygens (including phenoxy) is 1. The Morgan fingerprint density at radius 2 is 2.24 bits per heavy atom. The van der Waals surface area contributed by atoms with Crippen molar-refractivity contribution in [2.45, 2.75) is 38.0 Å². The van der Waals surface area contributed by atoms with Crippen LogP contribution in [0.3, 0.4) is 0 Å². The lowest BCUT2D eigenvalue weighted by Crippen LogP contribution is -2.37. The van der Waals surface area contributed by atoms with E-state index in [-0.39, 0.29) is 49.0 Å². The van der Waals surface area contributed by atoms with Crippen molar-refractivity contribution in [2.24, 2.45) is 5.73 Å². The second-order valence-corrected chi connectivity index (χ2v) is 5.86. The van der Waals surface area contributed by atoms with Gasteiger partial charge >= 0.3 is 0 Å². The van der Waals surface area contributed by atoms with Gasteiger partial charge in [-0.25, -0.2) is 4.98 Å². The number of carbonyl (C=O) groups excluding carboxylic acids is 1. The molecule has 0 saturated carbocycles. The number of carbonyl (C=O) groups is 1. The molecule has 1 aliphatic rings. The van der Waals surface area contributed by atoms with Crippen LogP contribution in [-0.4, -0.2) is 34.2 Å². The number of halogens is 2. The SMILES string of the molecule is CC(NC(=O)[C@@H]1CC[C@H](CN)O1)c1cccc(-n2ccnc2)c1.Cl.Cl. The van der Waals surface area contributed by atoms with Gasteiger partial charge in [0.05, 0.1) is 18.5 Å². The van der Waals surface area contributed by atoms with Gasteiger partial charge in [0.25, 0.3) is 0 Å². The highest BCUT2D eigenvalue weighted by molar-refractivity contribution is 5.85. The monoisotopic (exact) mass is 386 g/mol. The van der Waals surface area contributed by atoms with Crippen LogP contribution in [0.5, 0.6) is 0 Å².